The minimum absolute atomic E-state index is 0.0297. The first-order valence-electron chi connectivity index (χ1n) is 8.18. The topological polar surface area (TPSA) is 75.7 Å². The smallest absolute Gasteiger partial charge is 0.227 e. The quantitative estimate of drug-likeness (QED) is 0.745. The molecule has 2 aromatic heterocycles. The fraction of sp³-hybridized carbons (Fsp3) is 0.316. The Morgan fingerprint density at radius 2 is 1.92 bits per heavy atom. The lowest BCUT2D eigenvalue weighted by molar-refractivity contribution is 0.416. The molecule has 0 saturated heterocycles. The molecule has 3 rings (SSSR count). The number of nitrogens with zero attached hydrogens (tertiary/aromatic N) is 3. The molecule has 0 spiro atoms. The summed E-state index contributed by atoms with van der Waals surface area (Å²) in [5.74, 6) is 2.08. The fourth-order valence-corrected chi connectivity index (χ4v) is 2.48. The van der Waals surface area contributed by atoms with Crippen LogP contribution in [0.3, 0.4) is 0 Å². The van der Waals surface area contributed by atoms with Gasteiger partial charge in [-0.15, -0.1) is 0 Å². The highest BCUT2D eigenvalue weighted by molar-refractivity contribution is 5.70. The standard InChI is InChI=1S/C19H23N5O/c1-12-11-21-17(22-12)14-7-6-13(10-15(14)25-5)23-18-20-9-8-16(24-18)19(2,3)4/h6-11H,1-5H3,(H,21,22)(H,20,23,24). The number of rotatable bonds is 4. The first kappa shape index (κ1) is 17.0. The predicted octanol–water partition coefficient (Wildman–Crippen LogP) is 4.22. The van der Waals surface area contributed by atoms with Crippen molar-refractivity contribution in [2.24, 2.45) is 0 Å². The van der Waals surface area contributed by atoms with Gasteiger partial charge >= 0.3 is 0 Å². The van der Waals surface area contributed by atoms with E-state index in [1.807, 2.05) is 37.4 Å². The van der Waals surface area contributed by atoms with Crippen molar-refractivity contribution in [1.29, 1.82) is 0 Å². The van der Waals surface area contributed by atoms with Crippen LogP contribution < -0.4 is 10.1 Å². The number of hydrogen-bond donors (Lipinski definition) is 2. The van der Waals surface area contributed by atoms with Gasteiger partial charge in [0.05, 0.1) is 24.1 Å². The number of H-pyrrole nitrogens is 1. The fourth-order valence-electron chi connectivity index (χ4n) is 2.48. The van der Waals surface area contributed by atoms with Crippen molar-refractivity contribution in [2.45, 2.75) is 33.1 Å². The van der Waals surface area contributed by atoms with Crippen molar-refractivity contribution in [2.75, 3.05) is 12.4 Å². The zero-order chi connectivity index (χ0) is 18.0. The van der Waals surface area contributed by atoms with E-state index in [-0.39, 0.29) is 5.41 Å². The maximum Gasteiger partial charge on any atom is 0.227 e. The van der Waals surface area contributed by atoms with E-state index in [0.29, 0.717) is 5.95 Å². The second kappa shape index (κ2) is 6.55. The maximum atomic E-state index is 5.52. The Morgan fingerprint density at radius 1 is 1.12 bits per heavy atom. The lowest BCUT2D eigenvalue weighted by Crippen LogP contribution is -2.14. The maximum absolute atomic E-state index is 5.52. The number of nitrogens with one attached hydrogen (secondary N) is 2. The predicted molar refractivity (Wildman–Crippen MR) is 99.3 cm³/mol. The molecule has 0 atom stereocenters. The Balaban J connectivity index is 1.89. The molecule has 0 radical (unpaired) electrons. The van der Waals surface area contributed by atoms with Crippen LogP contribution in [0.4, 0.5) is 11.6 Å². The van der Waals surface area contributed by atoms with E-state index < -0.39 is 0 Å². The van der Waals surface area contributed by atoms with Crippen molar-refractivity contribution in [1.82, 2.24) is 19.9 Å². The lowest BCUT2D eigenvalue weighted by atomic mass is 9.92. The number of aryl methyl sites for hydroxylation is 1. The van der Waals surface area contributed by atoms with E-state index in [9.17, 15) is 0 Å². The third kappa shape index (κ3) is 3.79. The van der Waals surface area contributed by atoms with Gasteiger partial charge in [0, 0.05) is 29.6 Å². The van der Waals surface area contributed by atoms with Crippen molar-refractivity contribution < 1.29 is 4.74 Å². The van der Waals surface area contributed by atoms with Gasteiger partial charge in [0.2, 0.25) is 5.95 Å². The summed E-state index contributed by atoms with van der Waals surface area (Å²) in [7, 11) is 1.65. The number of hydrogen-bond acceptors (Lipinski definition) is 5. The number of aromatic nitrogens is 4. The first-order valence-corrected chi connectivity index (χ1v) is 8.18. The molecular weight excluding hydrogens is 314 g/mol. The first-order chi connectivity index (χ1) is 11.9. The lowest BCUT2D eigenvalue weighted by Gasteiger charge is -2.18. The molecule has 0 bridgehead atoms. The van der Waals surface area contributed by atoms with Gasteiger partial charge in [-0.3, -0.25) is 0 Å². The average molecular weight is 337 g/mol. The molecule has 0 fully saturated rings. The molecular formula is C19H23N5O. The van der Waals surface area contributed by atoms with Crippen LogP contribution in [0.2, 0.25) is 0 Å². The summed E-state index contributed by atoms with van der Waals surface area (Å²) in [4.78, 5) is 16.5. The number of imidazole rings is 1. The van der Waals surface area contributed by atoms with Crippen LogP contribution in [0, 0.1) is 6.92 Å². The molecule has 3 aromatic rings. The van der Waals surface area contributed by atoms with Gasteiger partial charge in [0.1, 0.15) is 11.6 Å². The van der Waals surface area contributed by atoms with Gasteiger partial charge in [0.25, 0.3) is 0 Å². The summed E-state index contributed by atoms with van der Waals surface area (Å²) < 4.78 is 5.52. The molecule has 0 saturated carbocycles. The van der Waals surface area contributed by atoms with Gasteiger partial charge in [-0.2, -0.15) is 0 Å². The Morgan fingerprint density at radius 3 is 2.56 bits per heavy atom. The van der Waals surface area contributed by atoms with Crippen molar-refractivity contribution in [3.8, 4) is 17.1 Å². The van der Waals surface area contributed by atoms with E-state index in [0.717, 1.165) is 34.2 Å². The van der Waals surface area contributed by atoms with Gasteiger partial charge < -0.3 is 15.0 Å². The van der Waals surface area contributed by atoms with Crippen LogP contribution in [0.15, 0.2) is 36.7 Å². The number of methoxy groups -OCH3 is 1. The minimum atomic E-state index is -0.0297. The number of ether oxygens (including phenoxy) is 1. The van der Waals surface area contributed by atoms with Crippen molar-refractivity contribution >= 4 is 11.6 Å². The highest BCUT2D eigenvalue weighted by Gasteiger charge is 2.16. The molecule has 2 N–H and O–H groups in total. The highest BCUT2D eigenvalue weighted by Crippen LogP contribution is 2.31. The summed E-state index contributed by atoms with van der Waals surface area (Å²) in [6.07, 6.45) is 3.64. The summed E-state index contributed by atoms with van der Waals surface area (Å²) >= 11 is 0. The highest BCUT2D eigenvalue weighted by atomic mass is 16.5. The average Bonchev–Trinajstić information content (AvgIpc) is 3.00. The van der Waals surface area contributed by atoms with Crippen LogP contribution in [0.25, 0.3) is 11.4 Å². The van der Waals surface area contributed by atoms with E-state index in [1.165, 1.54) is 0 Å². The van der Waals surface area contributed by atoms with E-state index in [1.54, 1.807) is 13.3 Å². The van der Waals surface area contributed by atoms with Crippen molar-refractivity contribution in [3.05, 3.63) is 48.0 Å². The van der Waals surface area contributed by atoms with Gasteiger partial charge in [-0.25, -0.2) is 15.0 Å². The summed E-state index contributed by atoms with van der Waals surface area (Å²) in [6, 6.07) is 7.78. The van der Waals surface area contributed by atoms with Crippen LogP contribution in [0.5, 0.6) is 5.75 Å². The Bertz CT molecular complexity index is 880. The zero-order valence-electron chi connectivity index (χ0n) is 15.2. The Kier molecular flexibility index (Phi) is 4.44. The molecule has 0 aliphatic heterocycles. The molecule has 1 aromatic carbocycles. The van der Waals surface area contributed by atoms with Crippen molar-refractivity contribution in [3.63, 3.8) is 0 Å². The van der Waals surface area contributed by atoms with Gasteiger partial charge in [0.15, 0.2) is 0 Å². The second-order valence-electron chi connectivity index (χ2n) is 6.95. The molecule has 25 heavy (non-hydrogen) atoms. The second-order valence-corrected chi connectivity index (χ2v) is 6.95. The molecule has 130 valence electrons. The number of anilines is 2. The molecule has 2 heterocycles. The normalized spacial score (nSPS) is 11.4. The number of benzene rings is 1. The summed E-state index contributed by atoms with van der Waals surface area (Å²) in [5.41, 5.74) is 3.66. The van der Waals surface area contributed by atoms with E-state index in [2.05, 4.69) is 46.0 Å². The molecule has 6 heteroatoms. The third-order valence-corrected chi connectivity index (χ3v) is 3.84. The van der Waals surface area contributed by atoms with E-state index in [4.69, 9.17) is 4.74 Å². The number of aromatic amines is 1. The molecule has 0 unspecified atom stereocenters. The van der Waals surface area contributed by atoms with Crippen LogP contribution in [-0.4, -0.2) is 27.0 Å². The summed E-state index contributed by atoms with van der Waals surface area (Å²) in [6.45, 7) is 8.33. The van der Waals surface area contributed by atoms with Gasteiger partial charge in [-0.1, -0.05) is 20.8 Å². The SMILES string of the molecule is COc1cc(Nc2nccc(C(C)(C)C)n2)ccc1-c1nc(C)c[nH]1. The largest absolute Gasteiger partial charge is 0.496 e. The molecule has 0 amide bonds. The zero-order valence-corrected chi connectivity index (χ0v) is 15.2. The summed E-state index contributed by atoms with van der Waals surface area (Å²) in [5, 5.41) is 3.24. The molecule has 0 aliphatic rings. The molecule has 0 aliphatic carbocycles. The van der Waals surface area contributed by atoms with Crippen LogP contribution in [0.1, 0.15) is 32.2 Å². The Labute approximate surface area is 147 Å². The van der Waals surface area contributed by atoms with Crippen LogP contribution in [-0.2, 0) is 5.41 Å². The molecule has 6 nitrogen and oxygen atoms in total. The van der Waals surface area contributed by atoms with E-state index >= 15 is 0 Å². The Hall–Kier alpha value is -2.89. The minimum Gasteiger partial charge on any atom is -0.496 e. The van der Waals surface area contributed by atoms with Crippen LogP contribution >= 0.6 is 0 Å². The third-order valence-electron chi connectivity index (χ3n) is 3.84. The van der Waals surface area contributed by atoms with Gasteiger partial charge in [-0.05, 0) is 25.1 Å². The monoisotopic (exact) mass is 337 g/mol.